The van der Waals surface area contributed by atoms with Gasteiger partial charge in [-0.2, -0.15) is 0 Å². The number of rotatable bonds is 3. The second-order valence-electron chi connectivity index (χ2n) is 3.10. The van der Waals surface area contributed by atoms with Gasteiger partial charge in [-0.05, 0) is 30.4 Å². The van der Waals surface area contributed by atoms with E-state index in [9.17, 15) is 0 Å². The lowest BCUT2D eigenvalue weighted by atomic mass is 10.3. The van der Waals surface area contributed by atoms with E-state index in [2.05, 4.69) is 32.9 Å². The fourth-order valence-corrected chi connectivity index (χ4v) is 1.71. The lowest BCUT2D eigenvalue weighted by Gasteiger charge is -1.78. The molecular weight excluding hydrogens is 132 g/mol. The number of hydrogen-bond donors (Lipinski definition) is 0. The topological polar surface area (TPSA) is 0 Å². The minimum atomic E-state index is 0.829. The molecule has 11 heavy (non-hydrogen) atoms. The first-order chi connectivity index (χ1) is 5.35. The molecule has 0 N–H and O–H groups in total. The van der Waals surface area contributed by atoms with Crippen LogP contribution in [0.2, 0.25) is 0 Å². The smallest absolute Gasteiger partial charge is 0.00860 e. The normalized spacial score (nSPS) is 29.9. The molecular formula is C11H18. The van der Waals surface area contributed by atoms with E-state index < -0.39 is 0 Å². The first-order valence-corrected chi connectivity index (χ1v) is 4.75. The summed E-state index contributed by atoms with van der Waals surface area (Å²) in [6, 6.07) is 0. The van der Waals surface area contributed by atoms with Crippen molar-refractivity contribution in [1.82, 2.24) is 0 Å². The highest BCUT2D eigenvalue weighted by Gasteiger charge is 2.33. The van der Waals surface area contributed by atoms with Gasteiger partial charge in [0, 0.05) is 5.92 Å². The van der Waals surface area contributed by atoms with Crippen LogP contribution in [-0.4, -0.2) is 0 Å². The monoisotopic (exact) mass is 150 g/mol. The first-order valence-electron chi connectivity index (χ1n) is 4.75. The molecule has 0 aliphatic heterocycles. The van der Waals surface area contributed by atoms with E-state index in [0.717, 1.165) is 5.92 Å². The van der Waals surface area contributed by atoms with Gasteiger partial charge in [0.25, 0.3) is 0 Å². The average molecular weight is 150 g/mol. The molecule has 0 aromatic rings. The molecule has 0 nitrogen and oxygen atoms in total. The predicted molar refractivity (Wildman–Crippen MR) is 50.5 cm³/mol. The minimum Gasteiger partial charge on any atom is -0.0807 e. The maximum atomic E-state index is 2.37. The molecule has 0 unspecified atom stereocenters. The predicted octanol–water partition coefficient (Wildman–Crippen LogP) is 3.70. The third-order valence-electron chi connectivity index (χ3n) is 2.26. The molecule has 0 spiro atoms. The van der Waals surface area contributed by atoms with E-state index in [-0.39, 0.29) is 0 Å². The zero-order chi connectivity index (χ0) is 8.27. The zero-order valence-corrected chi connectivity index (χ0v) is 7.85. The maximum Gasteiger partial charge on any atom is 0.00860 e. The molecule has 0 atom stereocenters. The van der Waals surface area contributed by atoms with Crippen molar-refractivity contribution in [3.8, 4) is 0 Å². The fraction of sp³-hybridized carbons (Fsp3) is 0.636. The molecule has 0 amide bonds. The largest absolute Gasteiger partial charge is 0.0807 e. The highest BCUT2D eigenvalue weighted by molar-refractivity contribution is 5.55. The summed E-state index contributed by atoms with van der Waals surface area (Å²) >= 11 is 0. The Labute approximate surface area is 70.0 Å². The quantitative estimate of drug-likeness (QED) is 0.575. The van der Waals surface area contributed by atoms with Crippen LogP contribution in [0.4, 0.5) is 0 Å². The molecule has 1 saturated carbocycles. The van der Waals surface area contributed by atoms with Gasteiger partial charge in [-0.3, -0.25) is 0 Å². The summed E-state index contributed by atoms with van der Waals surface area (Å²) in [6.45, 7) is 6.69. The Hall–Kier alpha value is -0.520. The third kappa shape index (κ3) is 1.74. The van der Waals surface area contributed by atoms with Crippen molar-refractivity contribution in [2.75, 3.05) is 0 Å². The van der Waals surface area contributed by atoms with Gasteiger partial charge in [0.05, 0.1) is 0 Å². The second kappa shape index (κ2) is 3.75. The van der Waals surface area contributed by atoms with E-state index in [4.69, 9.17) is 0 Å². The summed E-state index contributed by atoms with van der Waals surface area (Å²) in [5.74, 6) is 0.829. The van der Waals surface area contributed by atoms with Crippen LogP contribution in [0.1, 0.15) is 40.0 Å². The SMILES string of the molecule is CCC=C1C(=CCC)C1CC. The Morgan fingerprint density at radius 1 is 1.00 bits per heavy atom. The standard InChI is InChI=1S/C11H18/c1-4-7-10-9(6-3)11(10)8-5-2/h7-9H,4-6H2,1-3H3. The van der Waals surface area contributed by atoms with Crippen molar-refractivity contribution >= 4 is 0 Å². The van der Waals surface area contributed by atoms with E-state index in [1.165, 1.54) is 19.3 Å². The summed E-state index contributed by atoms with van der Waals surface area (Å²) in [7, 11) is 0. The van der Waals surface area contributed by atoms with Crippen LogP contribution in [0.15, 0.2) is 23.3 Å². The van der Waals surface area contributed by atoms with E-state index >= 15 is 0 Å². The minimum absolute atomic E-state index is 0.829. The van der Waals surface area contributed by atoms with E-state index in [1.54, 1.807) is 11.1 Å². The molecule has 1 rings (SSSR count). The summed E-state index contributed by atoms with van der Waals surface area (Å²) in [4.78, 5) is 0. The Bertz CT molecular complexity index is 164. The molecule has 0 bridgehead atoms. The zero-order valence-electron chi connectivity index (χ0n) is 7.85. The van der Waals surface area contributed by atoms with Gasteiger partial charge in [-0.25, -0.2) is 0 Å². The molecule has 1 aliphatic rings. The highest BCUT2D eigenvalue weighted by atomic mass is 14.4. The molecule has 0 heterocycles. The van der Waals surface area contributed by atoms with Crippen LogP contribution < -0.4 is 0 Å². The van der Waals surface area contributed by atoms with Crippen molar-refractivity contribution in [3.63, 3.8) is 0 Å². The second-order valence-corrected chi connectivity index (χ2v) is 3.10. The van der Waals surface area contributed by atoms with Crippen molar-refractivity contribution in [2.24, 2.45) is 5.92 Å². The molecule has 0 radical (unpaired) electrons. The van der Waals surface area contributed by atoms with E-state index in [0.29, 0.717) is 0 Å². The summed E-state index contributed by atoms with van der Waals surface area (Å²) < 4.78 is 0. The van der Waals surface area contributed by atoms with Crippen molar-refractivity contribution in [2.45, 2.75) is 40.0 Å². The number of hydrogen-bond acceptors (Lipinski definition) is 0. The van der Waals surface area contributed by atoms with Gasteiger partial charge < -0.3 is 0 Å². The van der Waals surface area contributed by atoms with Crippen LogP contribution in [0.5, 0.6) is 0 Å². The molecule has 1 aliphatic carbocycles. The molecule has 1 fully saturated rings. The third-order valence-corrected chi connectivity index (χ3v) is 2.26. The Kier molecular flexibility index (Phi) is 2.92. The molecule has 0 heteroatoms. The number of allylic oxidation sites excluding steroid dienone is 4. The van der Waals surface area contributed by atoms with Crippen molar-refractivity contribution in [3.05, 3.63) is 23.3 Å². The van der Waals surface area contributed by atoms with Gasteiger partial charge in [0.2, 0.25) is 0 Å². The van der Waals surface area contributed by atoms with Crippen LogP contribution >= 0.6 is 0 Å². The molecule has 0 saturated heterocycles. The van der Waals surface area contributed by atoms with Gasteiger partial charge >= 0.3 is 0 Å². The fourth-order valence-electron chi connectivity index (χ4n) is 1.71. The lowest BCUT2D eigenvalue weighted by Crippen LogP contribution is -1.66. The van der Waals surface area contributed by atoms with Crippen LogP contribution in [0, 0.1) is 5.92 Å². The average Bonchev–Trinajstić information content (AvgIpc) is 2.65. The van der Waals surface area contributed by atoms with Crippen LogP contribution in [0.25, 0.3) is 0 Å². The highest BCUT2D eigenvalue weighted by Crippen LogP contribution is 2.47. The molecule has 0 aromatic carbocycles. The van der Waals surface area contributed by atoms with Gasteiger partial charge in [0.15, 0.2) is 0 Å². The van der Waals surface area contributed by atoms with Gasteiger partial charge in [0.1, 0.15) is 0 Å². The van der Waals surface area contributed by atoms with Crippen LogP contribution in [0.3, 0.4) is 0 Å². The summed E-state index contributed by atoms with van der Waals surface area (Å²) in [6.07, 6.45) is 8.41. The summed E-state index contributed by atoms with van der Waals surface area (Å²) in [5.41, 5.74) is 3.24. The summed E-state index contributed by atoms with van der Waals surface area (Å²) in [5, 5.41) is 0. The Morgan fingerprint density at radius 2 is 1.45 bits per heavy atom. The van der Waals surface area contributed by atoms with Crippen molar-refractivity contribution < 1.29 is 0 Å². The maximum absolute atomic E-state index is 2.37. The molecule has 62 valence electrons. The van der Waals surface area contributed by atoms with Gasteiger partial charge in [-0.1, -0.05) is 32.9 Å². The lowest BCUT2D eigenvalue weighted by molar-refractivity contribution is 0.865. The molecule has 0 aromatic heterocycles. The first kappa shape index (κ1) is 8.58. The van der Waals surface area contributed by atoms with E-state index in [1.807, 2.05) is 0 Å². The Balaban J connectivity index is 2.59. The van der Waals surface area contributed by atoms with Crippen molar-refractivity contribution in [1.29, 1.82) is 0 Å². The van der Waals surface area contributed by atoms with Crippen LogP contribution in [-0.2, 0) is 0 Å². The Morgan fingerprint density at radius 3 is 1.73 bits per heavy atom. The van der Waals surface area contributed by atoms with Gasteiger partial charge in [-0.15, -0.1) is 0 Å².